The van der Waals surface area contributed by atoms with Gasteiger partial charge in [-0.1, -0.05) is 0 Å². The number of aryl methyl sites for hydroxylation is 2. The molecule has 1 amide bonds. The van der Waals surface area contributed by atoms with E-state index in [1.807, 2.05) is 11.0 Å². The molecule has 6 nitrogen and oxygen atoms in total. The van der Waals surface area contributed by atoms with Crippen LogP contribution >= 0.6 is 0 Å². The summed E-state index contributed by atoms with van der Waals surface area (Å²) in [5, 5.41) is 4.64. The summed E-state index contributed by atoms with van der Waals surface area (Å²) in [5.74, 6) is 1.37. The number of carbonyl (C=O) groups is 1. The molecule has 2 aliphatic heterocycles. The van der Waals surface area contributed by atoms with Crippen LogP contribution in [0.15, 0.2) is 10.9 Å². The Hall–Kier alpha value is -1.69. The van der Waals surface area contributed by atoms with Gasteiger partial charge < -0.3 is 9.80 Å². The Kier molecular flexibility index (Phi) is 5.62. The maximum Gasteiger partial charge on any atom is 0.267 e. The maximum absolute atomic E-state index is 12.3. The molecule has 2 saturated heterocycles. The fourth-order valence-electron chi connectivity index (χ4n) is 5.03. The number of rotatable bonds is 4. The molecular weight excluding hydrogens is 340 g/mol. The smallest absolute Gasteiger partial charge is 0.267 e. The summed E-state index contributed by atoms with van der Waals surface area (Å²) in [6, 6.07) is 1.81. The van der Waals surface area contributed by atoms with Crippen molar-refractivity contribution in [3.05, 3.63) is 27.7 Å². The number of piperidine rings is 2. The fourth-order valence-corrected chi connectivity index (χ4v) is 5.03. The van der Waals surface area contributed by atoms with Gasteiger partial charge in [0.15, 0.2) is 0 Å². The Labute approximate surface area is 161 Å². The van der Waals surface area contributed by atoms with Gasteiger partial charge in [0, 0.05) is 39.2 Å². The number of fused-ring (bicyclic) bond motifs is 1. The van der Waals surface area contributed by atoms with Crippen LogP contribution in [-0.2, 0) is 24.2 Å². The average molecular weight is 373 g/mol. The highest BCUT2D eigenvalue weighted by atomic mass is 16.2. The predicted octanol–water partition coefficient (Wildman–Crippen LogP) is 1.70. The van der Waals surface area contributed by atoms with Crippen LogP contribution in [0.1, 0.15) is 50.3 Å². The molecule has 0 spiro atoms. The van der Waals surface area contributed by atoms with Crippen molar-refractivity contribution in [3.8, 4) is 0 Å². The average Bonchev–Trinajstić information content (AvgIpc) is 3.11. The van der Waals surface area contributed by atoms with Crippen LogP contribution in [0.25, 0.3) is 0 Å². The molecule has 1 unspecified atom stereocenters. The van der Waals surface area contributed by atoms with E-state index in [-0.39, 0.29) is 11.5 Å². The Morgan fingerprint density at radius 3 is 2.67 bits per heavy atom. The zero-order valence-corrected chi connectivity index (χ0v) is 16.5. The lowest BCUT2D eigenvalue weighted by Crippen LogP contribution is -2.45. The van der Waals surface area contributed by atoms with Crippen molar-refractivity contribution in [3.63, 3.8) is 0 Å². The normalized spacial score (nSPS) is 24.2. The quantitative estimate of drug-likeness (QED) is 0.807. The topological polar surface area (TPSA) is 58.4 Å². The first-order valence-electron chi connectivity index (χ1n) is 10.7. The van der Waals surface area contributed by atoms with E-state index in [1.54, 1.807) is 11.6 Å². The molecule has 0 saturated carbocycles. The number of nitrogens with zero attached hydrogens (tertiary/aromatic N) is 4. The fraction of sp³-hybridized carbons (Fsp3) is 0.762. The summed E-state index contributed by atoms with van der Waals surface area (Å²) in [6.45, 7) is 7.60. The molecule has 1 aromatic rings. The Morgan fingerprint density at radius 1 is 1.07 bits per heavy atom. The van der Waals surface area contributed by atoms with Crippen LogP contribution in [0.5, 0.6) is 0 Å². The lowest BCUT2D eigenvalue weighted by atomic mass is 9.93. The first-order valence-corrected chi connectivity index (χ1v) is 10.7. The summed E-state index contributed by atoms with van der Waals surface area (Å²) in [7, 11) is 0. The molecule has 3 aliphatic rings. The highest BCUT2D eigenvalue weighted by Gasteiger charge is 2.26. The van der Waals surface area contributed by atoms with Crippen molar-refractivity contribution in [2.75, 3.05) is 32.7 Å². The highest BCUT2D eigenvalue weighted by molar-refractivity contribution is 5.73. The van der Waals surface area contributed by atoms with E-state index in [0.29, 0.717) is 11.8 Å². The van der Waals surface area contributed by atoms with Gasteiger partial charge in [-0.2, -0.15) is 5.10 Å². The number of hydrogen-bond donors (Lipinski definition) is 0. The van der Waals surface area contributed by atoms with Gasteiger partial charge in [-0.05, 0) is 75.4 Å². The number of carbonyl (C=O) groups excluding carboxylic acids is 1. The van der Waals surface area contributed by atoms with Crippen LogP contribution in [-0.4, -0.2) is 58.2 Å². The molecular formula is C21H32N4O2. The summed E-state index contributed by atoms with van der Waals surface area (Å²) >= 11 is 0. The molecule has 27 heavy (non-hydrogen) atoms. The molecule has 148 valence electrons. The standard InChI is InChI=1S/C21H32N4O2/c1-16(26)24-9-3-4-18(14-24)13-23-10-7-17(8-11-23)15-25-21(27)12-19-5-2-6-20(19)22-25/h12,17-18H,2-11,13-15H2,1H3. The Bertz CT molecular complexity index is 736. The van der Waals surface area contributed by atoms with Crippen molar-refractivity contribution < 1.29 is 4.79 Å². The Balaban J connectivity index is 1.27. The lowest BCUT2D eigenvalue weighted by Gasteiger charge is -2.38. The largest absolute Gasteiger partial charge is 0.343 e. The monoisotopic (exact) mass is 372 g/mol. The molecule has 1 aliphatic carbocycles. The van der Waals surface area contributed by atoms with Crippen LogP contribution in [0.2, 0.25) is 0 Å². The minimum Gasteiger partial charge on any atom is -0.343 e. The van der Waals surface area contributed by atoms with E-state index >= 15 is 0 Å². The van der Waals surface area contributed by atoms with E-state index in [9.17, 15) is 9.59 Å². The molecule has 6 heteroatoms. The minimum atomic E-state index is 0.0737. The SMILES string of the molecule is CC(=O)N1CCCC(CN2CCC(Cn3nc4c(cc3=O)CCC4)CC2)C1. The van der Waals surface area contributed by atoms with E-state index in [2.05, 4.69) is 10.00 Å². The molecule has 0 radical (unpaired) electrons. The van der Waals surface area contributed by atoms with Gasteiger partial charge >= 0.3 is 0 Å². The van der Waals surface area contributed by atoms with Gasteiger partial charge in [0.25, 0.3) is 5.56 Å². The van der Waals surface area contributed by atoms with Crippen molar-refractivity contribution in [1.82, 2.24) is 19.6 Å². The van der Waals surface area contributed by atoms with Crippen molar-refractivity contribution in [2.45, 2.75) is 58.4 Å². The first-order chi connectivity index (χ1) is 13.1. The number of likely N-dealkylation sites (tertiary alicyclic amines) is 2. The Morgan fingerprint density at radius 2 is 1.89 bits per heavy atom. The lowest BCUT2D eigenvalue weighted by molar-refractivity contribution is -0.130. The second kappa shape index (κ2) is 8.13. The summed E-state index contributed by atoms with van der Waals surface area (Å²) in [4.78, 5) is 28.5. The number of hydrogen-bond acceptors (Lipinski definition) is 4. The molecule has 1 atom stereocenters. The molecule has 4 rings (SSSR count). The molecule has 0 aromatic carbocycles. The van der Waals surface area contributed by atoms with Crippen molar-refractivity contribution in [2.24, 2.45) is 11.8 Å². The molecule has 3 heterocycles. The summed E-state index contributed by atoms with van der Waals surface area (Å²) < 4.78 is 1.72. The third-order valence-electron chi connectivity index (χ3n) is 6.64. The van der Waals surface area contributed by atoms with Gasteiger partial charge in [-0.25, -0.2) is 4.68 Å². The van der Waals surface area contributed by atoms with Crippen molar-refractivity contribution in [1.29, 1.82) is 0 Å². The van der Waals surface area contributed by atoms with Crippen LogP contribution < -0.4 is 5.56 Å². The summed E-state index contributed by atoms with van der Waals surface area (Å²) in [5.41, 5.74) is 2.38. The molecule has 0 N–H and O–H groups in total. The number of aromatic nitrogens is 2. The zero-order chi connectivity index (χ0) is 18.8. The van der Waals surface area contributed by atoms with Gasteiger partial charge in [0.05, 0.1) is 5.69 Å². The summed E-state index contributed by atoms with van der Waals surface area (Å²) in [6.07, 6.45) is 7.80. The van der Waals surface area contributed by atoms with Crippen LogP contribution in [0, 0.1) is 11.8 Å². The second-order valence-corrected chi connectivity index (χ2v) is 8.71. The molecule has 2 fully saturated rings. The van der Waals surface area contributed by atoms with E-state index in [0.717, 1.165) is 89.1 Å². The van der Waals surface area contributed by atoms with Crippen LogP contribution in [0.3, 0.4) is 0 Å². The van der Waals surface area contributed by atoms with E-state index in [1.165, 1.54) is 6.42 Å². The minimum absolute atomic E-state index is 0.0737. The molecule has 0 bridgehead atoms. The zero-order valence-electron chi connectivity index (χ0n) is 16.5. The first kappa shape index (κ1) is 18.7. The highest BCUT2D eigenvalue weighted by Crippen LogP contribution is 2.23. The number of amides is 1. The third kappa shape index (κ3) is 4.42. The second-order valence-electron chi connectivity index (χ2n) is 8.71. The maximum atomic E-state index is 12.3. The predicted molar refractivity (Wildman–Crippen MR) is 105 cm³/mol. The van der Waals surface area contributed by atoms with E-state index in [4.69, 9.17) is 0 Å². The van der Waals surface area contributed by atoms with Gasteiger partial charge in [-0.15, -0.1) is 0 Å². The van der Waals surface area contributed by atoms with Gasteiger partial charge in [0.1, 0.15) is 0 Å². The third-order valence-corrected chi connectivity index (χ3v) is 6.64. The van der Waals surface area contributed by atoms with Gasteiger partial charge in [0.2, 0.25) is 5.91 Å². The van der Waals surface area contributed by atoms with Crippen molar-refractivity contribution >= 4 is 5.91 Å². The van der Waals surface area contributed by atoms with E-state index < -0.39 is 0 Å². The van der Waals surface area contributed by atoms with Crippen LogP contribution in [0.4, 0.5) is 0 Å². The van der Waals surface area contributed by atoms with Gasteiger partial charge in [-0.3, -0.25) is 9.59 Å². The molecule has 1 aromatic heterocycles.